The van der Waals surface area contributed by atoms with Crippen molar-refractivity contribution in [3.63, 3.8) is 0 Å². The standard InChI is InChI=1S/C24H30ClN5OS/c1-4-30(5-2)15-9-14-26-24(32)28-22-23(31)29(3)20-13-12-18(25)16-19(20)21(27-22)17-10-7-6-8-11-17/h6-8,10-13,16,22H,4-5,9,14-15H2,1-3H3,(H2,26,28,32). The number of fused-ring (bicyclic) bond motifs is 1. The molecule has 0 saturated heterocycles. The van der Waals surface area contributed by atoms with Crippen LogP contribution >= 0.6 is 23.8 Å². The first-order chi connectivity index (χ1) is 15.4. The van der Waals surface area contributed by atoms with Crippen molar-refractivity contribution in [2.24, 2.45) is 4.99 Å². The number of hydrogen-bond donors (Lipinski definition) is 2. The van der Waals surface area contributed by atoms with E-state index in [1.165, 1.54) is 0 Å². The van der Waals surface area contributed by atoms with Crippen molar-refractivity contribution in [2.75, 3.05) is 38.1 Å². The van der Waals surface area contributed by atoms with Gasteiger partial charge in [0.25, 0.3) is 5.91 Å². The maximum absolute atomic E-state index is 13.2. The molecule has 0 radical (unpaired) electrons. The summed E-state index contributed by atoms with van der Waals surface area (Å²) in [5.74, 6) is -0.188. The normalized spacial score (nSPS) is 15.8. The first-order valence-corrected chi connectivity index (χ1v) is 11.7. The second-order valence-electron chi connectivity index (χ2n) is 7.59. The van der Waals surface area contributed by atoms with Crippen LogP contribution in [0.15, 0.2) is 53.5 Å². The van der Waals surface area contributed by atoms with Crippen molar-refractivity contribution < 1.29 is 4.79 Å². The first-order valence-electron chi connectivity index (χ1n) is 10.9. The van der Waals surface area contributed by atoms with Crippen molar-refractivity contribution in [3.05, 3.63) is 64.7 Å². The Bertz CT molecular complexity index is 978. The highest BCUT2D eigenvalue weighted by molar-refractivity contribution is 7.80. The molecule has 3 rings (SSSR count). The van der Waals surface area contributed by atoms with Gasteiger partial charge in [-0.3, -0.25) is 4.79 Å². The van der Waals surface area contributed by atoms with E-state index in [9.17, 15) is 4.79 Å². The maximum atomic E-state index is 13.2. The van der Waals surface area contributed by atoms with Gasteiger partial charge in [-0.05, 0) is 56.5 Å². The molecule has 2 aromatic rings. The van der Waals surface area contributed by atoms with Crippen LogP contribution in [0.4, 0.5) is 5.69 Å². The molecule has 1 atom stereocenters. The fourth-order valence-corrected chi connectivity index (χ4v) is 4.07. The molecule has 2 N–H and O–H groups in total. The Morgan fingerprint density at radius 2 is 1.91 bits per heavy atom. The maximum Gasteiger partial charge on any atom is 0.272 e. The summed E-state index contributed by atoms with van der Waals surface area (Å²) >= 11 is 11.8. The number of nitrogens with zero attached hydrogens (tertiary/aromatic N) is 3. The van der Waals surface area contributed by atoms with Crippen molar-refractivity contribution in [3.8, 4) is 0 Å². The van der Waals surface area contributed by atoms with Gasteiger partial charge in [0.2, 0.25) is 6.17 Å². The molecule has 32 heavy (non-hydrogen) atoms. The number of halogens is 1. The number of aliphatic imine (C=N–C) groups is 1. The zero-order valence-corrected chi connectivity index (χ0v) is 20.3. The third-order valence-electron chi connectivity index (χ3n) is 5.54. The summed E-state index contributed by atoms with van der Waals surface area (Å²) in [6.07, 6.45) is 0.119. The Morgan fingerprint density at radius 3 is 2.59 bits per heavy atom. The number of carbonyl (C=O) groups excluding carboxylic acids is 1. The smallest absolute Gasteiger partial charge is 0.272 e. The van der Waals surface area contributed by atoms with Gasteiger partial charge in [0, 0.05) is 29.7 Å². The van der Waals surface area contributed by atoms with Crippen LogP contribution in [-0.2, 0) is 4.79 Å². The van der Waals surface area contributed by atoms with Crippen LogP contribution in [-0.4, -0.2) is 61.0 Å². The van der Waals surface area contributed by atoms with E-state index in [2.05, 4.69) is 29.4 Å². The van der Waals surface area contributed by atoms with Gasteiger partial charge in [-0.25, -0.2) is 4.99 Å². The minimum atomic E-state index is -0.843. The molecule has 1 heterocycles. The summed E-state index contributed by atoms with van der Waals surface area (Å²) in [6.45, 7) is 8.10. The molecular formula is C24H30ClN5OS. The number of nitrogens with one attached hydrogen (secondary N) is 2. The quantitative estimate of drug-likeness (QED) is 0.454. The number of thiocarbonyl (C=S) groups is 1. The average Bonchev–Trinajstić information content (AvgIpc) is 2.90. The summed E-state index contributed by atoms with van der Waals surface area (Å²) in [6, 6.07) is 15.3. The molecule has 1 unspecified atom stereocenters. The Labute approximate surface area is 200 Å². The summed E-state index contributed by atoms with van der Waals surface area (Å²) in [4.78, 5) is 22.0. The molecule has 0 saturated carbocycles. The van der Waals surface area contributed by atoms with E-state index in [0.717, 1.165) is 49.4 Å². The van der Waals surface area contributed by atoms with Crippen LogP contribution in [0.2, 0.25) is 5.02 Å². The van der Waals surface area contributed by atoms with Gasteiger partial charge in [0.05, 0.1) is 11.4 Å². The van der Waals surface area contributed by atoms with E-state index >= 15 is 0 Å². The Hall–Kier alpha value is -2.48. The lowest BCUT2D eigenvalue weighted by Gasteiger charge is -2.22. The van der Waals surface area contributed by atoms with Crippen LogP contribution < -0.4 is 15.5 Å². The lowest BCUT2D eigenvalue weighted by molar-refractivity contribution is -0.119. The summed E-state index contributed by atoms with van der Waals surface area (Å²) in [7, 11) is 1.74. The van der Waals surface area contributed by atoms with Crippen molar-refractivity contribution in [1.29, 1.82) is 0 Å². The molecule has 8 heteroatoms. The van der Waals surface area contributed by atoms with E-state index in [1.54, 1.807) is 18.0 Å². The Kier molecular flexibility index (Phi) is 8.61. The molecule has 6 nitrogen and oxygen atoms in total. The SMILES string of the molecule is CCN(CC)CCCNC(=S)NC1N=C(c2ccccc2)c2cc(Cl)ccc2N(C)C1=O. The lowest BCUT2D eigenvalue weighted by atomic mass is 10.0. The fraction of sp³-hybridized carbons (Fsp3) is 0.375. The molecule has 1 aliphatic rings. The molecule has 0 spiro atoms. The fourth-order valence-electron chi connectivity index (χ4n) is 3.69. The summed E-state index contributed by atoms with van der Waals surface area (Å²) in [5.41, 5.74) is 3.16. The Balaban J connectivity index is 1.81. The minimum Gasteiger partial charge on any atom is -0.363 e. The highest BCUT2D eigenvalue weighted by Crippen LogP contribution is 2.29. The van der Waals surface area contributed by atoms with Crippen LogP contribution in [0.1, 0.15) is 31.4 Å². The highest BCUT2D eigenvalue weighted by atomic mass is 35.5. The van der Waals surface area contributed by atoms with E-state index in [4.69, 9.17) is 28.8 Å². The number of benzodiazepines with no additional fused rings is 1. The number of likely N-dealkylation sites (N-methyl/N-ethyl adjacent to an activating group) is 1. The predicted molar refractivity (Wildman–Crippen MR) is 137 cm³/mol. The second kappa shape index (κ2) is 11.4. The van der Waals surface area contributed by atoms with Crippen LogP contribution in [0.3, 0.4) is 0 Å². The number of benzene rings is 2. The topological polar surface area (TPSA) is 60.0 Å². The molecule has 1 amide bonds. The van der Waals surface area contributed by atoms with Gasteiger partial charge < -0.3 is 20.4 Å². The minimum absolute atomic E-state index is 0.188. The van der Waals surface area contributed by atoms with Crippen molar-refractivity contribution in [1.82, 2.24) is 15.5 Å². The molecule has 1 aliphatic heterocycles. The number of carbonyl (C=O) groups is 1. The van der Waals surface area contributed by atoms with Crippen LogP contribution in [0.25, 0.3) is 0 Å². The van der Waals surface area contributed by atoms with E-state index in [1.807, 2.05) is 42.5 Å². The van der Waals surface area contributed by atoms with Gasteiger partial charge in [-0.15, -0.1) is 0 Å². The van der Waals surface area contributed by atoms with Gasteiger partial charge in [0.1, 0.15) is 0 Å². The Morgan fingerprint density at radius 1 is 1.19 bits per heavy atom. The molecular weight excluding hydrogens is 442 g/mol. The first kappa shape index (κ1) is 24.2. The molecule has 0 fully saturated rings. The van der Waals surface area contributed by atoms with Crippen LogP contribution in [0, 0.1) is 0 Å². The summed E-state index contributed by atoms with van der Waals surface area (Å²) in [5, 5.41) is 7.31. The van der Waals surface area contributed by atoms with E-state index in [-0.39, 0.29) is 5.91 Å². The lowest BCUT2D eigenvalue weighted by Crippen LogP contribution is -2.49. The predicted octanol–water partition coefficient (Wildman–Crippen LogP) is 3.68. The third kappa shape index (κ3) is 5.85. The second-order valence-corrected chi connectivity index (χ2v) is 8.43. The molecule has 0 aromatic heterocycles. The van der Waals surface area contributed by atoms with E-state index in [0.29, 0.717) is 15.8 Å². The third-order valence-corrected chi connectivity index (χ3v) is 6.04. The van der Waals surface area contributed by atoms with Crippen molar-refractivity contribution in [2.45, 2.75) is 26.4 Å². The monoisotopic (exact) mass is 471 g/mol. The zero-order chi connectivity index (χ0) is 23.1. The molecule has 0 bridgehead atoms. The van der Waals surface area contributed by atoms with Crippen molar-refractivity contribution >= 4 is 46.2 Å². The van der Waals surface area contributed by atoms with Gasteiger partial charge in [0.15, 0.2) is 5.11 Å². The van der Waals surface area contributed by atoms with E-state index < -0.39 is 6.17 Å². The highest BCUT2D eigenvalue weighted by Gasteiger charge is 2.30. The largest absolute Gasteiger partial charge is 0.363 e. The zero-order valence-electron chi connectivity index (χ0n) is 18.8. The van der Waals surface area contributed by atoms with Gasteiger partial charge in [-0.1, -0.05) is 55.8 Å². The number of amides is 1. The molecule has 2 aromatic carbocycles. The van der Waals surface area contributed by atoms with Gasteiger partial charge in [-0.2, -0.15) is 0 Å². The average molecular weight is 472 g/mol. The number of rotatable bonds is 8. The summed E-state index contributed by atoms with van der Waals surface area (Å²) < 4.78 is 0. The number of hydrogen-bond acceptors (Lipinski definition) is 4. The number of anilines is 1. The molecule has 170 valence electrons. The van der Waals surface area contributed by atoms with Gasteiger partial charge >= 0.3 is 0 Å². The molecule has 0 aliphatic carbocycles. The van der Waals surface area contributed by atoms with Crippen LogP contribution in [0.5, 0.6) is 0 Å².